The molecule has 1 aromatic heterocycles. The van der Waals surface area contributed by atoms with E-state index in [2.05, 4.69) is 17.2 Å². The predicted octanol–water partition coefficient (Wildman–Crippen LogP) is 2.67. The van der Waals surface area contributed by atoms with Crippen molar-refractivity contribution in [2.24, 2.45) is 0 Å². The Kier molecular flexibility index (Phi) is 3.42. The van der Waals surface area contributed by atoms with E-state index in [-0.39, 0.29) is 11.8 Å². The molecule has 0 saturated heterocycles. The van der Waals surface area contributed by atoms with Gasteiger partial charge >= 0.3 is 5.91 Å². The number of nitrogens with zero attached hydrogens (tertiary/aromatic N) is 1. The van der Waals surface area contributed by atoms with E-state index >= 15 is 0 Å². The molecule has 0 fully saturated rings. The Hall–Kier alpha value is -1.84. The molecule has 0 radical (unpaired) electrons. The van der Waals surface area contributed by atoms with Crippen LogP contribution in [0.1, 0.15) is 36.0 Å². The third kappa shape index (κ3) is 2.64. The molecule has 0 saturated carbocycles. The number of fused-ring (bicyclic) bond motifs is 1. The van der Waals surface area contributed by atoms with E-state index in [0.29, 0.717) is 12.1 Å². The van der Waals surface area contributed by atoms with Crippen molar-refractivity contribution < 1.29 is 9.21 Å². The molecule has 0 atom stereocenters. The first-order chi connectivity index (χ1) is 8.20. The topological polar surface area (TPSA) is 55.1 Å². The van der Waals surface area contributed by atoms with Crippen molar-refractivity contribution in [2.45, 2.75) is 26.7 Å². The second-order valence-electron chi connectivity index (χ2n) is 4.10. The van der Waals surface area contributed by atoms with E-state index in [9.17, 15) is 4.79 Å². The Morgan fingerprint density at radius 2 is 2.29 bits per heavy atom. The molecule has 2 rings (SSSR count). The molecule has 0 aliphatic heterocycles. The molecule has 2 aromatic rings. The van der Waals surface area contributed by atoms with Gasteiger partial charge in [0.25, 0.3) is 5.89 Å². The van der Waals surface area contributed by atoms with E-state index in [0.717, 1.165) is 23.9 Å². The second kappa shape index (κ2) is 4.99. The Labute approximate surface area is 100 Å². The molecule has 1 aromatic carbocycles. The van der Waals surface area contributed by atoms with E-state index in [1.165, 1.54) is 0 Å². The highest BCUT2D eigenvalue weighted by molar-refractivity contribution is 5.92. The first-order valence-corrected chi connectivity index (χ1v) is 5.86. The highest BCUT2D eigenvalue weighted by Crippen LogP contribution is 2.16. The zero-order chi connectivity index (χ0) is 12.3. The maximum Gasteiger partial charge on any atom is 0.307 e. The Bertz CT molecular complexity index is 531. The van der Waals surface area contributed by atoms with Crippen molar-refractivity contribution in [3.05, 3.63) is 29.7 Å². The van der Waals surface area contributed by atoms with Gasteiger partial charge in [0, 0.05) is 6.54 Å². The lowest BCUT2D eigenvalue weighted by Crippen LogP contribution is -2.24. The summed E-state index contributed by atoms with van der Waals surface area (Å²) in [5.74, 6) is -0.103. The maximum atomic E-state index is 11.7. The summed E-state index contributed by atoms with van der Waals surface area (Å²) in [5.41, 5.74) is 2.48. The summed E-state index contributed by atoms with van der Waals surface area (Å²) in [6.07, 6.45) is 2.01. The number of carbonyl (C=O) groups is 1. The van der Waals surface area contributed by atoms with Gasteiger partial charge in [0.1, 0.15) is 5.52 Å². The van der Waals surface area contributed by atoms with Crippen molar-refractivity contribution in [3.63, 3.8) is 0 Å². The first kappa shape index (κ1) is 11.6. The quantitative estimate of drug-likeness (QED) is 0.824. The minimum atomic E-state index is -0.243. The number of hydrogen-bond acceptors (Lipinski definition) is 3. The fourth-order valence-electron chi connectivity index (χ4n) is 1.59. The highest BCUT2D eigenvalue weighted by Gasteiger charge is 2.13. The van der Waals surface area contributed by atoms with Gasteiger partial charge in [-0.3, -0.25) is 4.79 Å². The Balaban J connectivity index is 2.15. The number of rotatable bonds is 4. The van der Waals surface area contributed by atoms with Crippen molar-refractivity contribution in [1.82, 2.24) is 10.3 Å². The zero-order valence-corrected chi connectivity index (χ0v) is 10.1. The zero-order valence-electron chi connectivity index (χ0n) is 10.1. The summed E-state index contributed by atoms with van der Waals surface area (Å²) in [7, 11) is 0. The van der Waals surface area contributed by atoms with Crippen molar-refractivity contribution in [3.8, 4) is 0 Å². The number of aromatic nitrogens is 1. The summed E-state index contributed by atoms with van der Waals surface area (Å²) >= 11 is 0. The Morgan fingerprint density at radius 3 is 3.06 bits per heavy atom. The van der Waals surface area contributed by atoms with Gasteiger partial charge in [-0.25, -0.2) is 4.98 Å². The molecule has 1 amide bonds. The lowest BCUT2D eigenvalue weighted by molar-refractivity contribution is 0.0921. The molecule has 90 valence electrons. The number of benzene rings is 1. The highest BCUT2D eigenvalue weighted by atomic mass is 16.4. The van der Waals surface area contributed by atoms with Gasteiger partial charge in [-0.05, 0) is 31.0 Å². The maximum absolute atomic E-state index is 11.7. The lowest BCUT2D eigenvalue weighted by Gasteiger charge is -1.99. The number of carbonyl (C=O) groups excluding carboxylic acids is 1. The Morgan fingerprint density at radius 1 is 1.47 bits per heavy atom. The van der Waals surface area contributed by atoms with Crippen LogP contribution in [-0.2, 0) is 0 Å². The fourth-order valence-corrected chi connectivity index (χ4v) is 1.59. The minimum Gasteiger partial charge on any atom is -0.432 e. The third-order valence-electron chi connectivity index (χ3n) is 2.55. The predicted molar refractivity (Wildman–Crippen MR) is 66.0 cm³/mol. The van der Waals surface area contributed by atoms with Gasteiger partial charge in [0.05, 0.1) is 0 Å². The monoisotopic (exact) mass is 232 g/mol. The number of hydrogen-bond donors (Lipinski definition) is 1. The van der Waals surface area contributed by atoms with Crippen LogP contribution in [0.25, 0.3) is 11.1 Å². The standard InChI is InChI=1S/C13H16N2O2/c1-3-4-7-14-12(16)13-15-10-8-9(2)5-6-11(10)17-13/h5-6,8H,3-4,7H2,1-2H3,(H,14,16). The number of unbranched alkanes of at least 4 members (excludes halogenated alkanes) is 1. The van der Waals surface area contributed by atoms with Gasteiger partial charge in [0.15, 0.2) is 5.58 Å². The number of amides is 1. The molecule has 0 unspecified atom stereocenters. The summed E-state index contributed by atoms with van der Waals surface area (Å²) < 4.78 is 5.39. The van der Waals surface area contributed by atoms with Crippen LogP contribution in [0.2, 0.25) is 0 Å². The van der Waals surface area contributed by atoms with Crippen LogP contribution in [0.3, 0.4) is 0 Å². The molecular weight excluding hydrogens is 216 g/mol. The number of nitrogens with one attached hydrogen (secondary N) is 1. The van der Waals surface area contributed by atoms with Crippen molar-refractivity contribution >= 4 is 17.0 Å². The van der Waals surface area contributed by atoms with Gasteiger partial charge < -0.3 is 9.73 Å². The van der Waals surface area contributed by atoms with Gasteiger partial charge in [-0.15, -0.1) is 0 Å². The molecular formula is C13H16N2O2. The van der Waals surface area contributed by atoms with E-state index in [4.69, 9.17) is 4.42 Å². The third-order valence-corrected chi connectivity index (χ3v) is 2.55. The van der Waals surface area contributed by atoms with Gasteiger partial charge in [-0.2, -0.15) is 0 Å². The lowest BCUT2D eigenvalue weighted by atomic mass is 10.2. The minimum absolute atomic E-state index is 0.140. The molecule has 4 nitrogen and oxygen atoms in total. The number of aryl methyl sites for hydroxylation is 1. The molecule has 4 heteroatoms. The van der Waals surface area contributed by atoms with Crippen molar-refractivity contribution in [1.29, 1.82) is 0 Å². The second-order valence-corrected chi connectivity index (χ2v) is 4.10. The van der Waals surface area contributed by atoms with Gasteiger partial charge in [0.2, 0.25) is 0 Å². The average molecular weight is 232 g/mol. The molecule has 0 aliphatic carbocycles. The van der Waals surface area contributed by atoms with Gasteiger partial charge in [-0.1, -0.05) is 19.4 Å². The van der Waals surface area contributed by atoms with Crippen LogP contribution in [0.15, 0.2) is 22.6 Å². The summed E-state index contributed by atoms with van der Waals surface area (Å²) in [4.78, 5) is 15.9. The SMILES string of the molecule is CCCCNC(=O)c1nc2cc(C)ccc2o1. The molecule has 17 heavy (non-hydrogen) atoms. The average Bonchev–Trinajstić information content (AvgIpc) is 2.72. The van der Waals surface area contributed by atoms with E-state index in [1.807, 2.05) is 25.1 Å². The molecule has 0 aliphatic rings. The van der Waals surface area contributed by atoms with E-state index < -0.39 is 0 Å². The van der Waals surface area contributed by atoms with E-state index in [1.54, 1.807) is 0 Å². The molecule has 1 heterocycles. The largest absolute Gasteiger partial charge is 0.432 e. The van der Waals surface area contributed by atoms with Crippen LogP contribution in [0, 0.1) is 6.92 Å². The fraction of sp³-hybridized carbons (Fsp3) is 0.385. The number of oxazole rings is 1. The summed E-state index contributed by atoms with van der Waals surface area (Å²) in [6, 6.07) is 5.68. The van der Waals surface area contributed by atoms with Crippen LogP contribution in [0.4, 0.5) is 0 Å². The normalized spacial score (nSPS) is 10.7. The van der Waals surface area contributed by atoms with Crippen LogP contribution in [-0.4, -0.2) is 17.4 Å². The summed E-state index contributed by atoms with van der Waals surface area (Å²) in [5, 5.41) is 2.78. The van der Waals surface area contributed by atoms with Crippen LogP contribution in [0.5, 0.6) is 0 Å². The van der Waals surface area contributed by atoms with Crippen LogP contribution >= 0.6 is 0 Å². The van der Waals surface area contributed by atoms with Crippen LogP contribution < -0.4 is 5.32 Å². The van der Waals surface area contributed by atoms with Crippen molar-refractivity contribution in [2.75, 3.05) is 6.54 Å². The molecule has 0 spiro atoms. The first-order valence-electron chi connectivity index (χ1n) is 5.86. The summed E-state index contributed by atoms with van der Waals surface area (Å²) in [6.45, 7) is 4.72. The molecule has 0 bridgehead atoms. The smallest absolute Gasteiger partial charge is 0.307 e. The molecule has 1 N–H and O–H groups in total.